The molecule has 0 heterocycles. The van der Waals surface area contributed by atoms with Gasteiger partial charge in [0.25, 0.3) is 5.91 Å². The SMILES string of the molecule is CCN(Cc1cccc(F)c1)C(=O)c1cc(N)cc(N)c1. The lowest BCUT2D eigenvalue weighted by molar-refractivity contribution is 0.0752. The lowest BCUT2D eigenvalue weighted by atomic mass is 10.1. The Morgan fingerprint density at radius 3 is 2.38 bits per heavy atom. The van der Waals surface area contributed by atoms with Crippen LogP contribution in [-0.4, -0.2) is 17.4 Å². The van der Waals surface area contributed by atoms with Gasteiger partial charge in [-0.3, -0.25) is 4.79 Å². The molecule has 4 nitrogen and oxygen atoms in total. The smallest absolute Gasteiger partial charge is 0.254 e. The van der Waals surface area contributed by atoms with E-state index in [9.17, 15) is 9.18 Å². The van der Waals surface area contributed by atoms with Crippen LogP contribution in [-0.2, 0) is 6.54 Å². The first kappa shape index (κ1) is 14.8. The maximum Gasteiger partial charge on any atom is 0.254 e. The van der Waals surface area contributed by atoms with Crippen LogP contribution in [0, 0.1) is 5.82 Å². The van der Waals surface area contributed by atoms with Crippen LogP contribution < -0.4 is 11.5 Å². The maximum atomic E-state index is 13.2. The highest BCUT2D eigenvalue weighted by Gasteiger charge is 2.15. The van der Waals surface area contributed by atoms with Gasteiger partial charge >= 0.3 is 0 Å². The fourth-order valence-corrected chi connectivity index (χ4v) is 2.17. The number of amides is 1. The number of nitrogens with zero attached hydrogens (tertiary/aromatic N) is 1. The second-order valence-corrected chi connectivity index (χ2v) is 4.84. The van der Waals surface area contributed by atoms with E-state index in [-0.39, 0.29) is 11.7 Å². The molecule has 2 aromatic carbocycles. The van der Waals surface area contributed by atoms with Gasteiger partial charge in [-0.05, 0) is 42.8 Å². The number of rotatable bonds is 4. The minimum absolute atomic E-state index is 0.180. The number of hydrogen-bond acceptors (Lipinski definition) is 3. The Kier molecular flexibility index (Phi) is 4.42. The normalized spacial score (nSPS) is 10.4. The van der Waals surface area contributed by atoms with Gasteiger partial charge in [0.2, 0.25) is 0 Å². The summed E-state index contributed by atoms with van der Waals surface area (Å²) in [5.41, 5.74) is 13.5. The predicted octanol–water partition coefficient (Wildman–Crippen LogP) is 2.65. The van der Waals surface area contributed by atoms with Gasteiger partial charge < -0.3 is 16.4 Å². The molecule has 21 heavy (non-hydrogen) atoms. The number of carbonyl (C=O) groups is 1. The summed E-state index contributed by atoms with van der Waals surface area (Å²) in [6.45, 7) is 2.71. The molecule has 5 heteroatoms. The molecule has 0 saturated heterocycles. The third-order valence-electron chi connectivity index (χ3n) is 3.16. The van der Waals surface area contributed by atoms with E-state index in [2.05, 4.69) is 0 Å². The molecule has 0 unspecified atom stereocenters. The lowest BCUT2D eigenvalue weighted by Crippen LogP contribution is -2.30. The van der Waals surface area contributed by atoms with Gasteiger partial charge in [0, 0.05) is 30.0 Å². The third-order valence-corrected chi connectivity index (χ3v) is 3.16. The average molecular weight is 287 g/mol. The van der Waals surface area contributed by atoms with Crippen molar-refractivity contribution in [2.24, 2.45) is 0 Å². The Morgan fingerprint density at radius 2 is 1.81 bits per heavy atom. The number of nitrogens with two attached hydrogens (primary N) is 2. The number of nitrogen functional groups attached to an aromatic ring is 2. The summed E-state index contributed by atoms with van der Waals surface area (Å²) in [5, 5.41) is 0. The maximum absolute atomic E-state index is 13.2. The molecule has 0 aliphatic heterocycles. The highest BCUT2D eigenvalue weighted by atomic mass is 19.1. The molecule has 110 valence electrons. The van der Waals surface area contributed by atoms with E-state index in [1.165, 1.54) is 12.1 Å². The molecule has 0 saturated carbocycles. The molecular weight excluding hydrogens is 269 g/mol. The molecule has 0 bridgehead atoms. The van der Waals surface area contributed by atoms with Crippen molar-refractivity contribution in [2.75, 3.05) is 18.0 Å². The summed E-state index contributed by atoms with van der Waals surface area (Å²) in [5.74, 6) is -0.495. The molecule has 0 aromatic heterocycles. The Labute approximate surface area is 123 Å². The van der Waals surface area contributed by atoms with E-state index in [0.717, 1.165) is 5.56 Å². The largest absolute Gasteiger partial charge is 0.399 e. The van der Waals surface area contributed by atoms with Crippen molar-refractivity contribution >= 4 is 17.3 Å². The van der Waals surface area contributed by atoms with Gasteiger partial charge in [0.05, 0.1) is 0 Å². The summed E-state index contributed by atoms with van der Waals surface area (Å²) in [4.78, 5) is 14.1. The Morgan fingerprint density at radius 1 is 1.14 bits per heavy atom. The first-order chi connectivity index (χ1) is 9.99. The van der Waals surface area contributed by atoms with Crippen LogP contribution in [0.2, 0.25) is 0 Å². The van der Waals surface area contributed by atoms with Crippen molar-refractivity contribution in [3.05, 3.63) is 59.4 Å². The molecule has 0 spiro atoms. The summed E-state index contributed by atoms with van der Waals surface area (Å²) < 4.78 is 13.2. The third kappa shape index (κ3) is 3.72. The van der Waals surface area contributed by atoms with Crippen LogP contribution in [0.1, 0.15) is 22.8 Å². The van der Waals surface area contributed by atoms with Crippen LogP contribution in [0.25, 0.3) is 0 Å². The zero-order chi connectivity index (χ0) is 15.4. The summed E-state index contributed by atoms with van der Waals surface area (Å²) in [7, 11) is 0. The van der Waals surface area contributed by atoms with E-state index < -0.39 is 0 Å². The highest BCUT2D eigenvalue weighted by molar-refractivity contribution is 5.96. The van der Waals surface area contributed by atoms with Gasteiger partial charge in [-0.1, -0.05) is 12.1 Å². The van der Waals surface area contributed by atoms with Gasteiger partial charge in [-0.2, -0.15) is 0 Å². The lowest BCUT2D eigenvalue weighted by Gasteiger charge is -2.21. The number of hydrogen-bond donors (Lipinski definition) is 2. The molecule has 2 rings (SSSR count). The van der Waals surface area contributed by atoms with Crippen LogP contribution in [0.4, 0.5) is 15.8 Å². The number of carbonyl (C=O) groups excluding carboxylic acids is 1. The van der Waals surface area contributed by atoms with Crippen molar-refractivity contribution in [3.63, 3.8) is 0 Å². The first-order valence-corrected chi connectivity index (χ1v) is 6.69. The van der Waals surface area contributed by atoms with E-state index in [4.69, 9.17) is 11.5 Å². The molecule has 0 atom stereocenters. The molecule has 0 fully saturated rings. The number of anilines is 2. The van der Waals surface area contributed by atoms with E-state index >= 15 is 0 Å². The van der Waals surface area contributed by atoms with Crippen molar-refractivity contribution in [2.45, 2.75) is 13.5 Å². The summed E-state index contributed by atoms with van der Waals surface area (Å²) in [6.07, 6.45) is 0. The van der Waals surface area contributed by atoms with Crippen LogP contribution in [0.3, 0.4) is 0 Å². The predicted molar refractivity (Wildman–Crippen MR) is 82.1 cm³/mol. The summed E-state index contributed by atoms with van der Waals surface area (Å²) in [6, 6.07) is 11.0. The number of halogens is 1. The molecule has 1 amide bonds. The van der Waals surface area contributed by atoms with Crippen molar-refractivity contribution in [1.82, 2.24) is 4.90 Å². The second-order valence-electron chi connectivity index (χ2n) is 4.84. The monoisotopic (exact) mass is 287 g/mol. The first-order valence-electron chi connectivity index (χ1n) is 6.69. The zero-order valence-electron chi connectivity index (χ0n) is 11.8. The van der Waals surface area contributed by atoms with Gasteiger partial charge in [-0.25, -0.2) is 4.39 Å². The fraction of sp³-hybridized carbons (Fsp3) is 0.188. The second kappa shape index (κ2) is 6.26. The zero-order valence-corrected chi connectivity index (χ0v) is 11.8. The fourth-order valence-electron chi connectivity index (χ4n) is 2.17. The Bertz CT molecular complexity index is 637. The van der Waals surface area contributed by atoms with Gasteiger partial charge in [0.15, 0.2) is 0 Å². The molecule has 0 radical (unpaired) electrons. The molecule has 2 aromatic rings. The van der Waals surface area contributed by atoms with Crippen molar-refractivity contribution in [1.29, 1.82) is 0 Å². The van der Waals surface area contributed by atoms with Crippen LogP contribution >= 0.6 is 0 Å². The molecule has 0 aliphatic rings. The quantitative estimate of drug-likeness (QED) is 0.849. The van der Waals surface area contributed by atoms with E-state index in [1.807, 2.05) is 6.92 Å². The molecule has 4 N–H and O–H groups in total. The Balaban J connectivity index is 2.22. The minimum Gasteiger partial charge on any atom is -0.399 e. The molecule has 0 aliphatic carbocycles. The van der Waals surface area contributed by atoms with Crippen LogP contribution in [0.15, 0.2) is 42.5 Å². The van der Waals surface area contributed by atoms with Crippen molar-refractivity contribution in [3.8, 4) is 0 Å². The Hall–Kier alpha value is -2.56. The van der Waals surface area contributed by atoms with Gasteiger partial charge in [0.1, 0.15) is 5.82 Å². The van der Waals surface area contributed by atoms with Crippen LogP contribution in [0.5, 0.6) is 0 Å². The van der Waals surface area contributed by atoms with E-state index in [0.29, 0.717) is 30.0 Å². The minimum atomic E-state index is -0.316. The highest BCUT2D eigenvalue weighted by Crippen LogP contribution is 2.17. The summed E-state index contributed by atoms with van der Waals surface area (Å²) >= 11 is 0. The number of benzene rings is 2. The van der Waals surface area contributed by atoms with E-state index in [1.54, 1.807) is 35.2 Å². The van der Waals surface area contributed by atoms with Crippen molar-refractivity contribution < 1.29 is 9.18 Å². The average Bonchev–Trinajstić information content (AvgIpc) is 2.43. The van der Waals surface area contributed by atoms with Gasteiger partial charge in [-0.15, -0.1) is 0 Å². The molecular formula is C16H18FN3O. The topological polar surface area (TPSA) is 72.3 Å². The standard InChI is InChI=1S/C16H18FN3O/c1-2-20(10-11-4-3-5-13(17)6-11)16(21)12-7-14(18)9-15(19)8-12/h3-9H,2,10,18-19H2,1H3.